The molecule has 7 heteroatoms. The van der Waals surface area contributed by atoms with Crippen LogP contribution in [0.1, 0.15) is 21.5 Å². The Morgan fingerprint density at radius 3 is 2.17 bits per heavy atom. The number of carboxylic acids is 1. The summed E-state index contributed by atoms with van der Waals surface area (Å²) in [5, 5.41) is 16.0. The summed E-state index contributed by atoms with van der Waals surface area (Å²) < 4.78 is 0. The molecule has 3 N–H and O–H groups in total. The molecule has 0 heterocycles. The average Bonchev–Trinajstić information content (AvgIpc) is 2.71. The topological polar surface area (TPSA) is 78.4 Å². The number of benzene rings is 3. The van der Waals surface area contributed by atoms with E-state index in [0.717, 1.165) is 16.8 Å². The standard InChI is InChI=1S/C22H18Cl2N2O3/c23-17-5-3-6-18(24)21(17)26-19-7-2-1-4-16(19)12-20(27)25-13-14-8-10-15(11-9-14)22(28)29/h1-11,26H,12-13H2,(H,25,27)(H,28,29). The van der Waals surface area contributed by atoms with Gasteiger partial charge in [-0.2, -0.15) is 0 Å². The molecule has 1 amide bonds. The molecular weight excluding hydrogens is 411 g/mol. The second kappa shape index (κ2) is 9.45. The molecule has 148 valence electrons. The van der Waals surface area contributed by atoms with E-state index in [1.165, 1.54) is 12.1 Å². The minimum Gasteiger partial charge on any atom is -0.478 e. The van der Waals surface area contributed by atoms with Gasteiger partial charge in [0.25, 0.3) is 0 Å². The van der Waals surface area contributed by atoms with Gasteiger partial charge >= 0.3 is 5.97 Å². The number of carboxylic acid groups (broad SMARTS) is 1. The quantitative estimate of drug-likeness (QED) is 0.477. The first-order valence-corrected chi connectivity index (χ1v) is 9.57. The zero-order chi connectivity index (χ0) is 20.8. The highest BCUT2D eigenvalue weighted by molar-refractivity contribution is 6.39. The van der Waals surface area contributed by atoms with Gasteiger partial charge in [0.05, 0.1) is 27.7 Å². The predicted octanol–water partition coefficient (Wildman–Crippen LogP) is 5.29. The summed E-state index contributed by atoms with van der Waals surface area (Å²) in [6.45, 7) is 0.310. The van der Waals surface area contributed by atoms with Crippen molar-refractivity contribution in [1.29, 1.82) is 0 Å². The first kappa shape index (κ1) is 20.7. The number of carbonyl (C=O) groups is 2. The Balaban J connectivity index is 1.65. The summed E-state index contributed by atoms with van der Waals surface area (Å²) >= 11 is 12.4. The summed E-state index contributed by atoms with van der Waals surface area (Å²) in [5.41, 5.74) is 3.14. The van der Waals surface area contributed by atoms with E-state index in [1.807, 2.05) is 24.3 Å². The van der Waals surface area contributed by atoms with Crippen LogP contribution in [-0.4, -0.2) is 17.0 Å². The van der Waals surface area contributed by atoms with Crippen molar-refractivity contribution >= 4 is 46.5 Å². The molecule has 3 rings (SSSR count). The van der Waals surface area contributed by atoms with Crippen LogP contribution >= 0.6 is 23.2 Å². The summed E-state index contributed by atoms with van der Waals surface area (Å²) in [5.74, 6) is -1.14. The Labute approximate surface area is 178 Å². The lowest BCUT2D eigenvalue weighted by Gasteiger charge is -2.14. The van der Waals surface area contributed by atoms with Crippen molar-refractivity contribution in [2.75, 3.05) is 5.32 Å². The van der Waals surface area contributed by atoms with Gasteiger partial charge in [-0.1, -0.05) is 59.6 Å². The molecule has 0 aromatic heterocycles. The fourth-order valence-corrected chi connectivity index (χ4v) is 3.24. The van der Waals surface area contributed by atoms with Gasteiger partial charge in [-0.05, 0) is 41.5 Å². The number of hydrogen-bond donors (Lipinski definition) is 3. The van der Waals surface area contributed by atoms with Gasteiger partial charge in [0, 0.05) is 12.2 Å². The minimum atomic E-state index is -0.983. The Morgan fingerprint density at radius 1 is 0.862 bits per heavy atom. The third-order valence-electron chi connectivity index (χ3n) is 4.28. The van der Waals surface area contributed by atoms with Gasteiger partial charge in [0.2, 0.25) is 5.91 Å². The molecule has 3 aromatic rings. The number of amides is 1. The van der Waals surface area contributed by atoms with E-state index in [4.69, 9.17) is 28.3 Å². The average molecular weight is 429 g/mol. The van der Waals surface area contributed by atoms with Gasteiger partial charge in [-0.25, -0.2) is 4.79 Å². The van der Waals surface area contributed by atoms with Gasteiger partial charge < -0.3 is 15.7 Å². The maximum atomic E-state index is 12.4. The molecule has 0 aliphatic carbocycles. The number of rotatable bonds is 7. The van der Waals surface area contributed by atoms with E-state index in [9.17, 15) is 9.59 Å². The van der Waals surface area contributed by atoms with E-state index < -0.39 is 5.97 Å². The molecule has 0 bridgehead atoms. The van der Waals surface area contributed by atoms with Crippen LogP contribution in [0.3, 0.4) is 0 Å². The van der Waals surface area contributed by atoms with Crippen molar-refractivity contribution in [3.05, 3.63) is 93.5 Å². The van der Waals surface area contributed by atoms with Gasteiger partial charge in [0.15, 0.2) is 0 Å². The van der Waals surface area contributed by atoms with Crippen molar-refractivity contribution in [3.8, 4) is 0 Å². The molecule has 3 aromatic carbocycles. The van der Waals surface area contributed by atoms with Crippen molar-refractivity contribution < 1.29 is 14.7 Å². The van der Waals surface area contributed by atoms with Crippen LogP contribution in [0.25, 0.3) is 0 Å². The van der Waals surface area contributed by atoms with Crippen LogP contribution in [0, 0.1) is 0 Å². The van der Waals surface area contributed by atoms with E-state index in [-0.39, 0.29) is 17.9 Å². The second-order valence-corrected chi connectivity index (χ2v) is 7.15. The lowest BCUT2D eigenvalue weighted by atomic mass is 10.1. The number of halogens is 2. The van der Waals surface area contributed by atoms with Crippen molar-refractivity contribution in [2.24, 2.45) is 0 Å². The summed E-state index contributed by atoms with van der Waals surface area (Å²) in [6, 6.07) is 19.0. The first-order chi connectivity index (χ1) is 13.9. The van der Waals surface area contributed by atoms with Crippen LogP contribution in [0.4, 0.5) is 11.4 Å². The van der Waals surface area contributed by atoms with Gasteiger partial charge in [-0.15, -0.1) is 0 Å². The molecule has 29 heavy (non-hydrogen) atoms. The number of aromatic carboxylic acids is 1. The smallest absolute Gasteiger partial charge is 0.335 e. The Kier molecular flexibility index (Phi) is 6.75. The summed E-state index contributed by atoms with van der Waals surface area (Å²) in [6.07, 6.45) is 0.165. The Hall–Kier alpha value is -3.02. The lowest BCUT2D eigenvalue weighted by molar-refractivity contribution is -0.120. The minimum absolute atomic E-state index is 0.160. The number of hydrogen-bond acceptors (Lipinski definition) is 3. The van der Waals surface area contributed by atoms with Crippen LogP contribution in [0.15, 0.2) is 66.7 Å². The highest BCUT2D eigenvalue weighted by Gasteiger charge is 2.11. The maximum absolute atomic E-state index is 12.4. The van der Waals surface area contributed by atoms with Crippen molar-refractivity contribution in [1.82, 2.24) is 5.32 Å². The summed E-state index contributed by atoms with van der Waals surface area (Å²) in [4.78, 5) is 23.3. The molecular formula is C22H18Cl2N2O3. The first-order valence-electron chi connectivity index (χ1n) is 8.82. The fraction of sp³-hybridized carbons (Fsp3) is 0.0909. The molecule has 0 aliphatic heterocycles. The molecule has 0 saturated heterocycles. The van der Waals surface area contributed by atoms with Crippen molar-refractivity contribution in [2.45, 2.75) is 13.0 Å². The lowest BCUT2D eigenvalue weighted by Crippen LogP contribution is -2.24. The Morgan fingerprint density at radius 2 is 1.52 bits per heavy atom. The highest BCUT2D eigenvalue weighted by Crippen LogP contribution is 2.33. The predicted molar refractivity (Wildman–Crippen MR) is 115 cm³/mol. The van der Waals surface area contributed by atoms with E-state index in [2.05, 4.69) is 10.6 Å². The molecule has 0 fully saturated rings. The molecule has 0 aliphatic rings. The monoisotopic (exact) mass is 428 g/mol. The fourth-order valence-electron chi connectivity index (χ4n) is 2.75. The van der Waals surface area contributed by atoms with Gasteiger partial charge in [-0.3, -0.25) is 4.79 Å². The largest absolute Gasteiger partial charge is 0.478 e. The third-order valence-corrected chi connectivity index (χ3v) is 4.91. The van der Waals surface area contributed by atoms with Crippen LogP contribution in [-0.2, 0) is 17.8 Å². The molecule has 0 unspecified atom stereocenters. The number of anilines is 2. The normalized spacial score (nSPS) is 10.4. The molecule has 0 saturated carbocycles. The van der Waals surface area contributed by atoms with E-state index in [0.29, 0.717) is 22.3 Å². The van der Waals surface area contributed by atoms with Crippen LogP contribution in [0.2, 0.25) is 10.0 Å². The highest BCUT2D eigenvalue weighted by atomic mass is 35.5. The molecule has 0 spiro atoms. The number of para-hydroxylation sites is 2. The summed E-state index contributed by atoms with van der Waals surface area (Å²) in [7, 11) is 0. The van der Waals surface area contributed by atoms with E-state index >= 15 is 0 Å². The zero-order valence-corrected chi connectivity index (χ0v) is 16.8. The number of nitrogens with one attached hydrogen (secondary N) is 2. The third kappa shape index (κ3) is 5.50. The van der Waals surface area contributed by atoms with Crippen molar-refractivity contribution in [3.63, 3.8) is 0 Å². The van der Waals surface area contributed by atoms with Crippen LogP contribution in [0.5, 0.6) is 0 Å². The molecule has 0 radical (unpaired) electrons. The Bertz CT molecular complexity index is 1020. The zero-order valence-electron chi connectivity index (χ0n) is 15.3. The molecule has 5 nitrogen and oxygen atoms in total. The number of carbonyl (C=O) groups excluding carboxylic acids is 1. The van der Waals surface area contributed by atoms with E-state index in [1.54, 1.807) is 30.3 Å². The van der Waals surface area contributed by atoms with Crippen LogP contribution < -0.4 is 10.6 Å². The maximum Gasteiger partial charge on any atom is 0.335 e. The molecule has 0 atom stereocenters. The second-order valence-electron chi connectivity index (χ2n) is 6.33. The SMILES string of the molecule is O=C(Cc1ccccc1Nc1c(Cl)cccc1Cl)NCc1ccc(C(=O)O)cc1. The van der Waals surface area contributed by atoms with Gasteiger partial charge in [0.1, 0.15) is 0 Å².